The summed E-state index contributed by atoms with van der Waals surface area (Å²) >= 11 is 0. The van der Waals surface area contributed by atoms with Gasteiger partial charge in [-0.2, -0.15) is 0 Å². The van der Waals surface area contributed by atoms with Gasteiger partial charge >= 0.3 is 5.97 Å². The van der Waals surface area contributed by atoms with E-state index in [1.54, 1.807) is 19.1 Å². The van der Waals surface area contributed by atoms with Gasteiger partial charge in [0.2, 0.25) is 5.91 Å². The van der Waals surface area contributed by atoms with Crippen molar-refractivity contribution >= 4 is 17.8 Å². The summed E-state index contributed by atoms with van der Waals surface area (Å²) < 4.78 is 0. The van der Waals surface area contributed by atoms with E-state index in [1.807, 2.05) is 0 Å². The fraction of sp³-hybridized carbons (Fsp3) is 0.333. The van der Waals surface area contributed by atoms with Crippen LogP contribution in [0.2, 0.25) is 0 Å². The van der Waals surface area contributed by atoms with Crippen molar-refractivity contribution in [3.63, 3.8) is 0 Å². The minimum Gasteiger partial charge on any atom is -0.480 e. The molecule has 1 aromatic rings. The van der Waals surface area contributed by atoms with Crippen LogP contribution >= 0.6 is 0 Å². The number of carboxylic acids is 1. The predicted molar refractivity (Wildman–Crippen MR) is 66.3 cm³/mol. The van der Waals surface area contributed by atoms with E-state index >= 15 is 0 Å². The lowest BCUT2D eigenvalue weighted by atomic mass is 10.1. The molecule has 7 heteroatoms. The highest BCUT2D eigenvalue weighted by Gasteiger charge is 2.22. The highest BCUT2D eigenvalue weighted by Crippen LogP contribution is 2.05. The minimum absolute atomic E-state index is 0.0533. The second-order valence-electron chi connectivity index (χ2n) is 4.04. The van der Waals surface area contributed by atoms with Crippen LogP contribution in [-0.2, 0) is 9.59 Å². The molecule has 102 valence electrons. The van der Waals surface area contributed by atoms with Crippen molar-refractivity contribution in [3.8, 4) is 0 Å². The zero-order valence-electron chi connectivity index (χ0n) is 10.4. The number of primary amides is 1. The van der Waals surface area contributed by atoms with Gasteiger partial charge in [-0.15, -0.1) is 0 Å². The molecule has 0 saturated heterocycles. The summed E-state index contributed by atoms with van der Waals surface area (Å²) in [7, 11) is 0. The van der Waals surface area contributed by atoms with Gasteiger partial charge in [-0.25, -0.2) is 4.79 Å². The molecular formula is C12H15N3O4. The molecule has 0 aliphatic rings. The molecule has 0 spiro atoms. The van der Waals surface area contributed by atoms with E-state index in [9.17, 15) is 14.4 Å². The maximum Gasteiger partial charge on any atom is 0.326 e. The standard InChI is InChI=1S/C12H15N3O4/c1-7-3-2-6-14-10(7)11(17)15-8(12(18)19)4-5-9(13)16/h2-3,6,8H,4-5H2,1H3,(H2,13,16)(H,15,17)(H,18,19)/t8-/m1/s1. The van der Waals surface area contributed by atoms with Gasteiger partial charge in [-0.3, -0.25) is 14.6 Å². The van der Waals surface area contributed by atoms with Crippen molar-refractivity contribution in [3.05, 3.63) is 29.6 Å². The molecule has 0 aromatic carbocycles. The van der Waals surface area contributed by atoms with Crippen LogP contribution in [-0.4, -0.2) is 33.9 Å². The molecule has 0 aliphatic heterocycles. The molecule has 1 aromatic heterocycles. The van der Waals surface area contributed by atoms with Crippen molar-refractivity contribution in [1.82, 2.24) is 10.3 Å². The van der Waals surface area contributed by atoms with Crippen LogP contribution in [0.1, 0.15) is 28.9 Å². The first kappa shape index (κ1) is 14.6. The number of aromatic nitrogens is 1. The van der Waals surface area contributed by atoms with Crippen LogP contribution in [0.5, 0.6) is 0 Å². The highest BCUT2D eigenvalue weighted by molar-refractivity contribution is 5.96. The van der Waals surface area contributed by atoms with Gasteiger partial charge in [0.25, 0.3) is 5.91 Å². The number of rotatable bonds is 6. The summed E-state index contributed by atoms with van der Waals surface area (Å²) in [6, 6.07) is 2.20. The smallest absolute Gasteiger partial charge is 0.326 e. The van der Waals surface area contributed by atoms with Crippen molar-refractivity contribution in [2.45, 2.75) is 25.8 Å². The summed E-state index contributed by atoms with van der Waals surface area (Å²) in [6.45, 7) is 1.70. The molecule has 0 unspecified atom stereocenters. The fourth-order valence-corrected chi connectivity index (χ4v) is 1.49. The lowest BCUT2D eigenvalue weighted by Crippen LogP contribution is -2.41. The number of carbonyl (C=O) groups is 3. The van der Waals surface area contributed by atoms with E-state index in [4.69, 9.17) is 10.8 Å². The average Bonchev–Trinajstić information content (AvgIpc) is 2.34. The maximum atomic E-state index is 11.9. The van der Waals surface area contributed by atoms with Gasteiger partial charge < -0.3 is 16.2 Å². The number of carboxylic acid groups (broad SMARTS) is 1. The number of nitrogens with one attached hydrogen (secondary N) is 1. The number of pyridine rings is 1. The molecule has 4 N–H and O–H groups in total. The first-order valence-corrected chi connectivity index (χ1v) is 5.65. The Morgan fingerprint density at radius 3 is 2.68 bits per heavy atom. The monoisotopic (exact) mass is 265 g/mol. The average molecular weight is 265 g/mol. The van der Waals surface area contributed by atoms with E-state index in [-0.39, 0.29) is 18.5 Å². The van der Waals surface area contributed by atoms with Crippen molar-refractivity contribution in [2.24, 2.45) is 5.73 Å². The summed E-state index contributed by atoms with van der Waals surface area (Å²) in [5.74, 6) is -2.42. The quantitative estimate of drug-likeness (QED) is 0.659. The molecule has 0 fully saturated rings. The predicted octanol–water partition coefficient (Wildman–Crippen LogP) is -0.161. The van der Waals surface area contributed by atoms with E-state index in [1.165, 1.54) is 6.20 Å². The van der Waals surface area contributed by atoms with Gasteiger partial charge in [0.05, 0.1) is 0 Å². The molecule has 2 amide bonds. The number of nitrogens with two attached hydrogens (primary N) is 1. The van der Waals surface area contributed by atoms with Crippen LogP contribution in [0, 0.1) is 6.92 Å². The van der Waals surface area contributed by atoms with Crippen LogP contribution in [0.3, 0.4) is 0 Å². The molecule has 0 aliphatic carbocycles. The second kappa shape index (κ2) is 6.48. The first-order chi connectivity index (χ1) is 8.91. The number of nitrogens with zero attached hydrogens (tertiary/aromatic N) is 1. The Balaban J connectivity index is 2.74. The molecule has 0 radical (unpaired) electrons. The third-order valence-electron chi connectivity index (χ3n) is 2.51. The van der Waals surface area contributed by atoms with Gasteiger partial charge in [0, 0.05) is 12.6 Å². The molecule has 1 atom stereocenters. The van der Waals surface area contributed by atoms with Crippen molar-refractivity contribution in [2.75, 3.05) is 0 Å². The Kier molecular flexibility index (Phi) is 4.99. The third kappa shape index (κ3) is 4.38. The van der Waals surface area contributed by atoms with E-state index in [0.717, 1.165) is 0 Å². The zero-order valence-corrected chi connectivity index (χ0v) is 10.4. The lowest BCUT2D eigenvalue weighted by Gasteiger charge is -2.14. The fourth-order valence-electron chi connectivity index (χ4n) is 1.49. The zero-order chi connectivity index (χ0) is 14.4. The molecule has 19 heavy (non-hydrogen) atoms. The molecule has 0 bridgehead atoms. The van der Waals surface area contributed by atoms with Gasteiger partial charge in [0.1, 0.15) is 11.7 Å². The molecule has 1 heterocycles. The Labute approximate surface area is 109 Å². The number of hydrogen-bond donors (Lipinski definition) is 3. The maximum absolute atomic E-state index is 11.9. The highest BCUT2D eigenvalue weighted by atomic mass is 16.4. The van der Waals surface area contributed by atoms with Crippen molar-refractivity contribution < 1.29 is 19.5 Å². The van der Waals surface area contributed by atoms with E-state index < -0.39 is 23.8 Å². The molecule has 1 rings (SSSR count). The molecular weight excluding hydrogens is 250 g/mol. The third-order valence-corrected chi connectivity index (χ3v) is 2.51. The normalized spacial score (nSPS) is 11.6. The summed E-state index contributed by atoms with van der Waals surface area (Å²) in [5.41, 5.74) is 5.75. The number of aryl methyl sites for hydroxylation is 1. The summed E-state index contributed by atoms with van der Waals surface area (Å²) in [6.07, 6.45) is 1.28. The molecule has 0 saturated carbocycles. The van der Waals surface area contributed by atoms with Gasteiger partial charge in [-0.05, 0) is 25.0 Å². The number of amides is 2. The summed E-state index contributed by atoms with van der Waals surface area (Å²) in [4.78, 5) is 37.4. The Morgan fingerprint density at radius 1 is 1.47 bits per heavy atom. The first-order valence-electron chi connectivity index (χ1n) is 5.65. The minimum atomic E-state index is -1.22. The summed E-state index contributed by atoms with van der Waals surface area (Å²) in [5, 5.41) is 11.3. The Morgan fingerprint density at radius 2 is 2.16 bits per heavy atom. The van der Waals surface area contributed by atoms with Crippen LogP contribution < -0.4 is 11.1 Å². The van der Waals surface area contributed by atoms with Crippen LogP contribution in [0.25, 0.3) is 0 Å². The lowest BCUT2D eigenvalue weighted by molar-refractivity contribution is -0.139. The Bertz CT molecular complexity index is 502. The second-order valence-corrected chi connectivity index (χ2v) is 4.04. The van der Waals surface area contributed by atoms with Gasteiger partial charge in [0.15, 0.2) is 0 Å². The van der Waals surface area contributed by atoms with Gasteiger partial charge in [-0.1, -0.05) is 6.07 Å². The number of aliphatic carboxylic acids is 1. The van der Waals surface area contributed by atoms with E-state index in [0.29, 0.717) is 5.56 Å². The Hall–Kier alpha value is -2.44. The largest absolute Gasteiger partial charge is 0.480 e. The topological polar surface area (TPSA) is 122 Å². The number of hydrogen-bond acceptors (Lipinski definition) is 4. The number of carbonyl (C=O) groups excluding carboxylic acids is 2. The van der Waals surface area contributed by atoms with Crippen LogP contribution in [0.4, 0.5) is 0 Å². The van der Waals surface area contributed by atoms with E-state index in [2.05, 4.69) is 10.3 Å². The molecule has 7 nitrogen and oxygen atoms in total. The van der Waals surface area contributed by atoms with Crippen molar-refractivity contribution in [1.29, 1.82) is 0 Å². The SMILES string of the molecule is Cc1cccnc1C(=O)N[C@H](CCC(N)=O)C(=O)O. The van der Waals surface area contributed by atoms with Crippen LogP contribution in [0.15, 0.2) is 18.3 Å².